The molecule has 258 valence electrons. The van der Waals surface area contributed by atoms with Gasteiger partial charge in [0.1, 0.15) is 36.7 Å². The summed E-state index contributed by atoms with van der Waals surface area (Å²) < 4.78 is 49.9. The zero-order valence-electron chi connectivity index (χ0n) is 27.4. The molecular formula is C31H39N6O10P. The fourth-order valence-electron chi connectivity index (χ4n) is 4.75. The molecule has 0 bridgehead atoms. The fourth-order valence-corrected chi connectivity index (χ4v) is 6.23. The normalized spacial score (nSPS) is 22.6. The van der Waals surface area contributed by atoms with E-state index in [4.69, 9.17) is 33.7 Å². The maximum atomic E-state index is 14.2. The quantitative estimate of drug-likeness (QED) is 0.141. The Bertz CT molecular complexity index is 1710. The first-order valence-corrected chi connectivity index (χ1v) is 16.6. The number of ether oxygens (including phenoxy) is 4. The van der Waals surface area contributed by atoms with Crippen LogP contribution in [0.1, 0.15) is 52.0 Å². The Hall–Kier alpha value is -4.39. The zero-order valence-corrected chi connectivity index (χ0v) is 28.3. The second-order valence-electron chi connectivity index (χ2n) is 11.7. The van der Waals surface area contributed by atoms with Crippen LogP contribution in [0, 0.1) is 23.2 Å². The van der Waals surface area contributed by atoms with E-state index in [0.717, 1.165) is 7.11 Å². The highest BCUT2D eigenvalue weighted by molar-refractivity contribution is 7.51. The van der Waals surface area contributed by atoms with Gasteiger partial charge in [0.15, 0.2) is 18.0 Å². The zero-order chi connectivity index (χ0) is 35.2. The van der Waals surface area contributed by atoms with Gasteiger partial charge in [-0.1, -0.05) is 58.0 Å². The smallest absolute Gasteiger partial charge is 0.406 e. The van der Waals surface area contributed by atoms with Crippen molar-refractivity contribution in [2.75, 3.05) is 19.5 Å². The summed E-state index contributed by atoms with van der Waals surface area (Å²) in [5.74, 6) is -3.30. The van der Waals surface area contributed by atoms with Crippen LogP contribution in [0.4, 0.5) is 5.82 Å². The monoisotopic (exact) mass is 686 g/mol. The van der Waals surface area contributed by atoms with Crippen LogP contribution in [0.5, 0.6) is 0 Å². The second kappa shape index (κ2) is 15.2. The molecule has 0 spiro atoms. The van der Waals surface area contributed by atoms with Gasteiger partial charge in [-0.05, 0) is 24.6 Å². The van der Waals surface area contributed by atoms with E-state index in [-0.39, 0.29) is 18.1 Å². The van der Waals surface area contributed by atoms with Crippen molar-refractivity contribution in [2.45, 2.75) is 71.2 Å². The highest BCUT2D eigenvalue weighted by Gasteiger charge is 2.62. The Morgan fingerprint density at radius 2 is 1.71 bits per heavy atom. The van der Waals surface area contributed by atoms with E-state index in [1.807, 2.05) is 6.07 Å². The average Bonchev–Trinajstić information content (AvgIpc) is 3.63. The van der Waals surface area contributed by atoms with Crippen LogP contribution in [0.3, 0.4) is 0 Å². The molecule has 3 aromatic rings. The molecular weight excluding hydrogens is 647 g/mol. The molecule has 6 atom stereocenters. The minimum Gasteiger partial charge on any atom is -0.468 e. The molecule has 48 heavy (non-hydrogen) atoms. The molecule has 0 amide bonds. The van der Waals surface area contributed by atoms with Crippen molar-refractivity contribution in [1.29, 1.82) is 5.26 Å². The van der Waals surface area contributed by atoms with Crippen LogP contribution in [-0.4, -0.2) is 70.1 Å². The maximum absolute atomic E-state index is 14.2. The molecule has 0 aliphatic carbocycles. The van der Waals surface area contributed by atoms with E-state index in [9.17, 15) is 24.2 Å². The van der Waals surface area contributed by atoms with Gasteiger partial charge >= 0.3 is 25.7 Å². The topological polar surface area (TPSA) is 216 Å². The standard InChI is InChI=1S/C31H39N6O10P/c1-18(2)28(38)45-25-24(22-12-13-23-27(33)34-17-35-37(22)23)47-31(15-32,26(25)46-29(39)19(3)4)16-44-48(41,36-20(5)30(40)42-6)43-14-21-10-8-7-9-11-21/h7-13,17-20,24-26H,14,16H2,1-6H3,(H,36,41)(H2,33,34,35)/t20-,24-,25-,26-,31+,48?/m0/s1. The lowest BCUT2D eigenvalue weighted by Gasteiger charge is -2.31. The molecule has 2 aromatic heterocycles. The lowest BCUT2D eigenvalue weighted by atomic mass is 9.95. The van der Waals surface area contributed by atoms with Crippen molar-refractivity contribution < 1.29 is 46.9 Å². The highest BCUT2D eigenvalue weighted by atomic mass is 31.2. The predicted molar refractivity (Wildman–Crippen MR) is 168 cm³/mol. The summed E-state index contributed by atoms with van der Waals surface area (Å²) in [7, 11) is -3.30. The molecule has 0 radical (unpaired) electrons. The number of fused-ring (bicyclic) bond motifs is 1. The lowest BCUT2D eigenvalue weighted by Crippen LogP contribution is -2.50. The number of carbonyl (C=O) groups is 3. The number of rotatable bonds is 14. The van der Waals surface area contributed by atoms with Crippen molar-refractivity contribution in [3.63, 3.8) is 0 Å². The first-order valence-electron chi connectivity index (χ1n) is 15.1. The van der Waals surface area contributed by atoms with E-state index >= 15 is 0 Å². The third-order valence-corrected chi connectivity index (χ3v) is 9.06. The number of nitrogens with zero attached hydrogens (tertiary/aromatic N) is 4. The molecule has 0 saturated carbocycles. The number of methoxy groups -OCH3 is 1. The van der Waals surface area contributed by atoms with Crippen LogP contribution < -0.4 is 10.8 Å². The van der Waals surface area contributed by atoms with Gasteiger partial charge in [-0.2, -0.15) is 10.4 Å². The van der Waals surface area contributed by atoms with E-state index in [1.54, 1.807) is 70.2 Å². The number of hydrogen-bond acceptors (Lipinski definition) is 14. The van der Waals surface area contributed by atoms with Gasteiger partial charge in [-0.15, -0.1) is 0 Å². The Kier molecular flexibility index (Phi) is 11.6. The highest BCUT2D eigenvalue weighted by Crippen LogP contribution is 2.50. The van der Waals surface area contributed by atoms with Gasteiger partial charge in [0, 0.05) is 0 Å². The molecule has 4 rings (SSSR count). The van der Waals surface area contributed by atoms with Gasteiger partial charge in [0.25, 0.3) is 0 Å². The summed E-state index contributed by atoms with van der Waals surface area (Å²) in [6.45, 7) is 6.73. The van der Waals surface area contributed by atoms with Gasteiger partial charge in [0.05, 0.1) is 31.2 Å². The summed E-state index contributed by atoms with van der Waals surface area (Å²) in [4.78, 5) is 42.4. The van der Waals surface area contributed by atoms with Crippen LogP contribution in [-0.2, 0) is 53.6 Å². The Morgan fingerprint density at radius 1 is 1.04 bits per heavy atom. The fraction of sp³-hybridized carbons (Fsp3) is 0.484. The van der Waals surface area contributed by atoms with E-state index in [1.165, 1.54) is 17.8 Å². The summed E-state index contributed by atoms with van der Waals surface area (Å²) in [5, 5.41) is 17.5. The van der Waals surface area contributed by atoms with Crippen LogP contribution in [0.2, 0.25) is 0 Å². The maximum Gasteiger partial charge on any atom is 0.406 e. The molecule has 3 N–H and O–H groups in total. The third kappa shape index (κ3) is 8.00. The van der Waals surface area contributed by atoms with Gasteiger partial charge in [-0.25, -0.2) is 19.2 Å². The van der Waals surface area contributed by atoms with Crippen LogP contribution in [0.15, 0.2) is 48.8 Å². The van der Waals surface area contributed by atoms with Crippen LogP contribution in [0.25, 0.3) is 5.52 Å². The number of nitriles is 1. The average molecular weight is 687 g/mol. The molecule has 1 aromatic carbocycles. The number of hydrogen-bond donors (Lipinski definition) is 2. The van der Waals surface area contributed by atoms with Crippen molar-refractivity contribution >= 4 is 37.0 Å². The SMILES string of the molecule is COC(=O)[C@H](C)NP(=O)(OCc1ccccc1)OC[C@@]1(C#N)O[C@@H](c2ccc3c(N)ncnn23)[C@H](OC(=O)C(C)C)[C@@H]1OC(=O)C(C)C. The number of carbonyl (C=O) groups excluding carboxylic acids is 3. The number of nitrogens with two attached hydrogens (primary N) is 1. The van der Waals surface area contributed by atoms with E-state index in [0.29, 0.717) is 11.1 Å². The molecule has 3 heterocycles. The molecule has 1 fully saturated rings. The molecule has 1 aliphatic rings. The van der Waals surface area contributed by atoms with Crippen molar-refractivity contribution in [1.82, 2.24) is 19.7 Å². The van der Waals surface area contributed by atoms with Crippen molar-refractivity contribution in [2.24, 2.45) is 11.8 Å². The minimum atomic E-state index is -4.46. The predicted octanol–water partition coefficient (Wildman–Crippen LogP) is 3.27. The Labute approximate surface area is 277 Å². The third-order valence-electron chi connectivity index (χ3n) is 7.42. The molecule has 1 unspecified atom stereocenters. The summed E-state index contributed by atoms with van der Waals surface area (Å²) in [6, 6.07) is 12.8. The van der Waals surface area contributed by atoms with Crippen molar-refractivity contribution in [3.8, 4) is 6.07 Å². The number of benzene rings is 1. The molecule has 16 nitrogen and oxygen atoms in total. The largest absolute Gasteiger partial charge is 0.468 e. The Morgan fingerprint density at radius 3 is 2.33 bits per heavy atom. The molecule has 1 saturated heterocycles. The minimum absolute atomic E-state index is 0.143. The van der Waals surface area contributed by atoms with Gasteiger partial charge in [0.2, 0.25) is 5.60 Å². The van der Waals surface area contributed by atoms with Gasteiger partial charge in [-0.3, -0.25) is 23.4 Å². The summed E-state index contributed by atoms with van der Waals surface area (Å²) >= 11 is 0. The Balaban J connectivity index is 1.78. The van der Waals surface area contributed by atoms with E-state index < -0.39 is 74.1 Å². The first kappa shape index (κ1) is 36.4. The van der Waals surface area contributed by atoms with Crippen LogP contribution >= 0.6 is 7.75 Å². The lowest BCUT2D eigenvalue weighted by molar-refractivity contribution is -0.173. The second-order valence-corrected chi connectivity index (χ2v) is 13.5. The van der Waals surface area contributed by atoms with E-state index in [2.05, 4.69) is 15.2 Å². The number of aromatic nitrogens is 3. The molecule has 1 aliphatic heterocycles. The number of esters is 3. The number of nitrogens with one attached hydrogen (secondary N) is 1. The first-order chi connectivity index (χ1) is 22.7. The number of anilines is 1. The molecule has 17 heteroatoms. The van der Waals surface area contributed by atoms with Crippen molar-refractivity contribution in [3.05, 3.63) is 60.0 Å². The number of nitrogen functional groups attached to an aromatic ring is 1. The summed E-state index contributed by atoms with van der Waals surface area (Å²) in [6.07, 6.45) is -3.08. The van der Waals surface area contributed by atoms with Gasteiger partial charge < -0.3 is 24.7 Å². The summed E-state index contributed by atoms with van der Waals surface area (Å²) in [5.41, 5.74) is 5.12.